The van der Waals surface area contributed by atoms with Crippen molar-refractivity contribution in [2.75, 3.05) is 12.3 Å². The van der Waals surface area contributed by atoms with E-state index in [9.17, 15) is 9.59 Å². The molecule has 3 aromatic rings. The molecule has 1 unspecified atom stereocenters. The fourth-order valence-electron chi connectivity index (χ4n) is 3.00. The summed E-state index contributed by atoms with van der Waals surface area (Å²) in [6.07, 6.45) is 1.06. The number of hydrogen-bond acceptors (Lipinski definition) is 4. The standard InChI is InChI=1S/C22H25N3O2S/c1-4-15(3)16-10-12-17(13-11-16)25-21(27)18-8-6-7-9-19(18)24-22(25)28-14-20(26)23-5-2/h6-13,15H,4-5,14H2,1-3H3,(H,23,26). The second kappa shape index (κ2) is 9.06. The Hall–Kier alpha value is -2.60. The summed E-state index contributed by atoms with van der Waals surface area (Å²) in [5, 5.41) is 3.86. The quantitative estimate of drug-likeness (QED) is 0.483. The minimum absolute atomic E-state index is 0.0754. The molecule has 1 N–H and O–H groups in total. The fraction of sp³-hybridized carbons (Fsp3) is 0.318. The van der Waals surface area contributed by atoms with E-state index in [0.717, 1.165) is 12.1 Å². The molecule has 28 heavy (non-hydrogen) atoms. The molecule has 0 aliphatic heterocycles. The zero-order valence-corrected chi connectivity index (χ0v) is 17.3. The van der Waals surface area contributed by atoms with Gasteiger partial charge in [-0.3, -0.25) is 14.2 Å². The van der Waals surface area contributed by atoms with Gasteiger partial charge in [0, 0.05) is 6.54 Å². The van der Waals surface area contributed by atoms with Gasteiger partial charge < -0.3 is 5.32 Å². The van der Waals surface area contributed by atoms with Gasteiger partial charge in [0.2, 0.25) is 5.91 Å². The summed E-state index contributed by atoms with van der Waals surface area (Å²) in [4.78, 5) is 29.8. The molecule has 0 fully saturated rings. The molecule has 0 saturated carbocycles. The molecule has 1 aromatic heterocycles. The number of aromatic nitrogens is 2. The Morgan fingerprint density at radius 2 is 1.86 bits per heavy atom. The van der Waals surface area contributed by atoms with E-state index in [1.165, 1.54) is 17.3 Å². The zero-order valence-electron chi connectivity index (χ0n) is 16.4. The molecule has 6 heteroatoms. The maximum Gasteiger partial charge on any atom is 0.266 e. The summed E-state index contributed by atoms with van der Waals surface area (Å²) < 4.78 is 1.60. The van der Waals surface area contributed by atoms with Gasteiger partial charge >= 0.3 is 0 Å². The number of carbonyl (C=O) groups is 1. The van der Waals surface area contributed by atoms with Crippen LogP contribution in [0.3, 0.4) is 0 Å². The Balaban J connectivity index is 2.08. The number of para-hydroxylation sites is 1. The molecule has 0 bridgehead atoms. The van der Waals surface area contributed by atoms with E-state index >= 15 is 0 Å². The summed E-state index contributed by atoms with van der Waals surface area (Å²) in [7, 11) is 0. The fourth-order valence-corrected chi connectivity index (χ4v) is 3.85. The number of hydrogen-bond donors (Lipinski definition) is 1. The summed E-state index contributed by atoms with van der Waals surface area (Å²) in [6.45, 7) is 6.80. The van der Waals surface area contributed by atoms with Crippen molar-refractivity contribution in [3.05, 3.63) is 64.4 Å². The lowest BCUT2D eigenvalue weighted by Gasteiger charge is -2.15. The van der Waals surface area contributed by atoms with Gasteiger partial charge in [-0.15, -0.1) is 0 Å². The molecule has 0 aliphatic carbocycles. The van der Waals surface area contributed by atoms with E-state index in [-0.39, 0.29) is 17.2 Å². The highest BCUT2D eigenvalue weighted by molar-refractivity contribution is 7.99. The summed E-state index contributed by atoms with van der Waals surface area (Å²) in [6, 6.07) is 15.3. The van der Waals surface area contributed by atoms with Gasteiger partial charge in [0.05, 0.1) is 22.3 Å². The molecule has 0 aliphatic rings. The van der Waals surface area contributed by atoms with Crippen LogP contribution < -0.4 is 10.9 Å². The zero-order chi connectivity index (χ0) is 20.1. The lowest BCUT2D eigenvalue weighted by Crippen LogP contribution is -2.26. The molecule has 1 atom stereocenters. The number of benzene rings is 2. The Morgan fingerprint density at radius 3 is 2.54 bits per heavy atom. The first-order valence-corrected chi connectivity index (χ1v) is 10.5. The second-order valence-electron chi connectivity index (χ2n) is 6.70. The minimum atomic E-state index is -0.125. The topological polar surface area (TPSA) is 64.0 Å². The van der Waals surface area contributed by atoms with Crippen molar-refractivity contribution in [3.63, 3.8) is 0 Å². The molecule has 146 valence electrons. The number of fused-ring (bicyclic) bond motifs is 1. The highest BCUT2D eigenvalue weighted by atomic mass is 32.2. The van der Waals surface area contributed by atoms with E-state index in [4.69, 9.17) is 0 Å². The first-order chi connectivity index (χ1) is 13.5. The molecule has 1 amide bonds. The van der Waals surface area contributed by atoms with Crippen molar-refractivity contribution in [1.29, 1.82) is 0 Å². The van der Waals surface area contributed by atoms with Gasteiger partial charge in [-0.05, 0) is 49.1 Å². The predicted molar refractivity (Wildman–Crippen MR) is 115 cm³/mol. The summed E-state index contributed by atoms with van der Waals surface area (Å²) in [5.41, 5.74) is 2.51. The molecule has 5 nitrogen and oxygen atoms in total. The van der Waals surface area contributed by atoms with Crippen molar-refractivity contribution >= 4 is 28.6 Å². The Kier molecular flexibility index (Phi) is 6.52. The van der Waals surface area contributed by atoms with Crippen molar-refractivity contribution in [3.8, 4) is 5.69 Å². The normalized spacial score (nSPS) is 12.1. The molecule has 0 saturated heterocycles. The van der Waals surface area contributed by atoms with Gasteiger partial charge in [-0.25, -0.2) is 4.98 Å². The molecule has 0 radical (unpaired) electrons. The molecule has 3 rings (SSSR count). The third kappa shape index (κ3) is 4.28. The van der Waals surface area contributed by atoms with Crippen molar-refractivity contribution < 1.29 is 4.79 Å². The Bertz CT molecular complexity index is 1030. The third-order valence-corrected chi connectivity index (χ3v) is 5.72. The molecular weight excluding hydrogens is 370 g/mol. The van der Waals surface area contributed by atoms with Gasteiger partial charge in [0.15, 0.2) is 5.16 Å². The van der Waals surface area contributed by atoms with E-state index < -0.39 is 0 Å². The Labute approximate surface area is 169 Å². The maximum atomic E-state index is 13.2. The number of thioether (sulfide) groups is 1. The van der Waals surface area contributed by atoms with Gasteiger partial charge in [0.1, 0.15) is 0 Å². The number of rotatable bonds is 7. The largest absolute Gasteiger partial charge is 0.356 e. The number of nitrogens with one attached hydrogen (secondary N) is 1. The SMILES string of the molecule is CCNC(=O)CSc1nc2ccccc2c(=O)n1-c1ccc(C(C)CC)cc1. The number of nitrogens with zero attached hydrogens (tertiary/aromatic N) is 2. The van der Waals surface area contributed by atoms with Crippen LogP contribution in [0.4, 0.5) is 0 Å². The Morgan fingerprint density at radius 1 is 1.14 bits per heavy atom. The van der Waals surface area contributed by atoms with Crippen LogP contribution in [0.5, 0.6) is 0 Å². The lowest BCUT2D eigenvalue weighted by atomic mass is 9.98. The van der Waals surface area contributed by atoms with Crippen LogP contribution in [0.1, 0.15) is 38.7 Å². The average molecular weight is 396 g/mol. The average Bonchev–Trinajstić information content (AvgIpc) is 2.72. The first-order valence-electron chi connectivity index (χ1n) is 9.56. The second-order valence-corrected chi connectivity index (χ2v) is 7.64. The van der Waals surface area contributed by atoms with Crippen LogP contribution in [0.15, 0.2) is 58.5 Å². The predicted octanol–water partition coefficient (Wildman–Crippen LogP) is 4.13. The summed E-state index contributed by atoms with van der Waals surface area (Å²) >= 11 is 1.27. The number of carbonyl (C=O) groups excluding carboxylic acids is 1. The lowest BCUT2D eigenvalue weighted by molar-refractivity contribution is -0.118. The van der Waals surface area contributed by atoms with Crippen LogP contribution >= 0.6 is 11.8 Å². The van der Waals surface area contributed by atoms with E-state index in [1.54, 1.807) is 10.6 Å². The van der Waals surface area contributed by atoms with E-state index in [1.807, 2.05) is 37.3 Å². The molecule has 1 heterocycles. The highest BCUT2D eigenvalue weighted by Gasteiger charge is 2.15. The monoisotopic (exact) mass is 395 g/mol. The molecule has 0 spiro atoms. The van der Waals surface area contributed by atoms with Gasteiger partial charge in [-0.2, -0.15) is 0 Å². The van der Waals surface area contributed by atoms with Crippen LogP contribution in [0.25, 0.3) is 16.6 Å². The minimum Gasteiger partial charge on any atom is -0.356 e. The molecular formula is C22H25N3O2S. The number of amides is 1. The smallest absolute Gasteiger partial charge is 0.266 e. The van der Waals surface area contributed by atoms with Crippen LogP contribution in [-0.4, -0.2) is 27.8 Å². The van der Waals surface area contributed by atoms with E-state index in [0.29, 0.717) is 28.5 Å². The van der Waals surface area contributed by atoms with Gasteiger partial charge in [-0.1, -0.05) is 49.9 Å². The van der Waals surface area contributed by atoms with Gasteiger partial charge in [0.25, 0.3) is 5.56 Å². The van der Waals surface area contributed by atoms with E-state index in [2.05, 4.69) is 36.3 Å². The first kappa shape index (κ1) is 20.1. The van der Waals surface area contributed by atoms with Crippen LogP contribution in [0.2, 0.25) is 0 Å². The molecule has 2 aromatic carbocycles. The third-order valence-electron chi connectivity index (χ3n) is 4.78. The highest BCUT2D eigenvalue weighted by Crippen LogP contribution is 2.24. The van der Waals surface area contributed by atoms with Crippen LogP contribution in [0, 0.1) is 0 Å². The van der Waals surface area contributed by atoms with Crippen molar-refractivity contribution in [2.24, 2.45) is 0 Å². The summed E-state index contributed by atoms with van der Waals surface area (Å²) in [5.74, 6) is 0.601. The maximum absolute atomic E-state index is 13.2. The van der Waals surface area contributed by atoms with Crippen LogP contribution in [-0.2, 0) is 4.79 Å². The van der Waals surface area contributed by atoms with Crippen molar-refractivity contribution in [1.82, 2.24) is 14.9 Å². The van der Waals surface area contributed by atoms with Crippen molar-refractivity contribution in [2.45, 2.75) is 38.3 Å².